The summed E-state index contributed by atoms with van der Waals surface area (Å²) < 4.78 is 29.2. The Balaban J connectivity index is 2.21. The molecule has 0 aliphatic carbocycles. The second kappa shape index (κ2) is 4.79. The van der Waals surface area contributed by atoms with Crippen LogP contribution in [0.4, 0.5) is 8.78 Å². The molecule has 0 bridgehead atoms. The lowest BCUT2D eigenvalue weighted by molar-refractivity contribution is 0.103. The Morgan fingerprint density at radius 2 is 2.00 bits per heavy atom. The standard InChI is InChI=1S/C14H7BrF2N2O/c15-9-4-5-10(16)12(13(9)17)14(20)8-7-18-19-6-2-1-3-11(8)19/h1-7H. The van der Waals surface area contributed by atoms with E-state index in [2.05, 4.69) is 21.0 Å². The Bertz CT molecular complexity index is 829. The summed E-state index contributed by atoms with van der Waals surface area (Å²) in [6, 6.07) is 7.40. The molecule has 0 aliphatic rings. The zero-order chi connectivity index (χ0) is 14.3. The molecule has 3 rings (SSSR count). The summed E-state index contributed by atoms with van der Waals surface area (Å²) in [7, 11) is 0. The second-order valence-corrected chi connectivity index (χ2v) is 4.99. The van der Waals surface area contributed by atoms with Crippen LogP contribution in [0.25, 0.3) is 5.52 Å². The van der Waals surface area contributed by atoms with E-state index in [-0.39, 0.29) is 10.0 Å². The van der Waals surface area contributed by atoms with Crippen molar-refractivity contribution in [2.24, 2.45) is 0 Å². The van der Waals surface area contributed by atoms with Crippen molar-refractivity contribution in [1.82, 2.24) is 9.61 Å². The lowest BCUT2D eigenvalue weighted by atomic mass is 10.0. The van der Waals surface area contributed by atoms with Crippen molar-refractivity contribution in [3.63, 3.8) is 0 Å². The summed E-state index contributed by atoms with van der Waals surface area (Å²) in [6.45, 7) is 0. The molecule has 0 saturated heterocycles. The van der Waals surface area contributed by atoms with Gasteiger partial charge in [0, 0.05) is 6.20 Å². The molecular weight excluding hydrogens is 330 g/mol. The maximum atomic E-state index is 14.0. The molecule has 1 aromatic carbocycles. The zero-order valence-electron chi connectivity index (χ0n) is 9.98. The number of pyridine rings is 1. The van der Waals surface area contributed by atoms with Gasteiger partial charge >= 0.3 is 0 Å². The van der Waals surface area contributed by atoms with Crippen molar-refractivity contribution in [3.8, 4) is 0 Å². The number of ketones is 1. The van der Waals surface area contributed by atoms with Crippen LogP contribution in [-0.2, 0) is 0 Å². The minimum atomic E-state index is -0.912. The highest BCUT2D eigenvalue weighted by Gasteiger charge is 2.23. The predicted molar refractivity (Wildman–Crippen MR) is 72.7 cm³/mol. The van der Waals surface area contributed by atoms with Crippen LogP contribution in [0.3, 0.4) is 0 Å². The molecule has 0 saturated carbocycles. The van der Waals surface area contributed by atoms with Gasteiger partial charge in [0.05, 0.1) is 27.3 Å². The highest BCUT2D eigenvalue weighted by molar-refractivity contribution is 9.10. The quantitative estimate of drug-likeness (QED) is 0.529. The van der Waals surface area contributed by atoms with E-state index in [0.29, 0.717) is 5.52 Å². The first-order chi connectivity index (χ1) is 9.59. The molecule has 0 amide bonds. The molecule has 2 heterocycles. The SMILES string of the molecule is O=C(c1c(F)ccc(Br)c1F)c1cnn2ccccc12. The van der Waals surface area contributed by atoms with Crippen LogP contribution in [-0.4, -0.2) is 15.4 Å². The fourth-order valence-corrected chi connectivity index (χ4v) is 2.31. The van der Waals surface area contributed by atoms with Crippen LogP contribution in [0.2, 0.25) is 0 Å². The number of carbonyl (C=O) groups is 1. The average molecular weight is 337 g/mol. The number of halogens is 3. The van der Waals surface area contributed by atoms with Crippen LogP contribution >= 0.6 is 15.9 Å². The van der Waals surface area contributed by atoms with E-state index < -0.39 is 23.0 Å². The van der Waals surface area contributed by atoms with E-state index in [4.69, 9.17) is 0 Å². The Labute approximate surface area is 121 Å². The number of nitrogens with zero attached hydrogens (tertiary/aromatic N) is 2. The molecule has 2 aromatic heterocycles. The Morgan fingerprint density at radius 3 is 2.80 bits per heavy atom. The van der Waals surface area contributed by atoms with Crippen LogP contribution in [0.5, 0.6) is 0 Å². The van der Waals surface area contributed by atoms with Gasteiger partial charge in [-0.05, 0) is 40.2 Å². The Kier molecular flexibility index (Phi) is 3.10. The van der Waals surface area contributed by atoms with Gasteiger partial charge in [-0.2, -0.15) is 5.10 Å². The fourth-order valence-electron chi connectivity index (χ4n) is 1.98. The summed E-state index contributed by atoms with van der Waals surface area (Å²) in [5, 5.41) is 3.99. The largest absolute Gasteiger partial charge is 0.288 e. The number of hydrogen-bond acceptors (Lipinski definition) is 2. The first kappa shape index (κ1) is 12.9. The van der Waals surface area contributed by atoms with Crippen molar-refractivity contribution in [2.75, 3.05) is 0 Å². The summed E-state index contributed by atoms with van der Waals surface area (Å²) in [4.78, 5) is 12.4. The summed E-state index contributed by atoms with van der Waals surface area (Å²) in [5.41, 5.74) is 0.0657. The van der Waals surface area contributed by atoms with E-state index in [1.807, 2.05) is 0 Å². The number of hydrogen-bond donors (Lipinski definition) is 0. The first-order valence-corrected chi connectivity index (χ1v) is 6.49. The number of benzene rings is 1. The highest BCUT2D eigenvalue weighted by atomic mass is 79.9. The fraction of sp³-hybridized carbons (Fsp3) is 0. The van der Waals surface area contributed by atoms with Gasteiger partial charge in [-0.15, -0.1) is 0 Å². The molecule has 0 atom stereocenters. The van der Waals surface area contributed by atoms with Crippen molar-refractivity contribution < 1.29 is 13.6 Å². The maximum Gasteiger partial charge on any atom is 0.202 e. The van der Waals surface area contributed by atoms with Crippen molar-refractivity contribution >= 4 is 27.2 Å². The molecule has 0 fully saturated rings. The molecule has 100 valence electrons. The normalized spacial score (nSPS) is 10.9. The molecule has 3 nitrogen and oxygen atoms in total. The van der Waals surface area contributed by atoms with Crippen LogP contribution in [0.15, 0.2) is 47.2 Å². The van der Waals surface area contributed by atoms with Crippen molar-refractivity contribution in [3.05, 3.63) is 70.0 Å². The lowest BCUT2D eigenvalue weighted by Gasteiger charge is -2.04. The summed E-state index contributed by atoms with van der Waals surface area (Å²) in [5.74, 6) is -2.54. The monoisotopic (exact) mass is 336 g/mol. The van der Waals surface area contributed by atoms with E-state index >= 15 is 0 Å². The third-order valence-corrected chi connectivity index (χ3v) is 3.55. The van der Waals surface area contributed by atoms with E-state index in [1.54, 1.807) is 24.4 Å². The number of aromatic nitrogens is 2. The van der Waals surface area contributed by atoms with E-state index in [1.165, 1.54) is 16.8 Å². The molecule has 0 radical (unpaired) electrons. The second-order valence-electron chi connectivity index (χ2n) is 4.14. The molecular formula is C14H7BrF2N2O. The molecule has 6 heteroatoms. The van der Waals surface area contributed by atoms with Crippen LogP contribution in [0.1, 0.15) is 15.9 Å². The van der Waals surface area contributed by atoms with Crippen LogP contribution < -0.4 is 0 Å². The highest BCUT2D eigenvalue weighted by Crippen LogP contribution is 2.25. The van der Waals surface area contributed by atoms with E-state index in [9.17, 15) is 13.6 Å². The summed E-state index contributed by atoms with van der Waals surface area (Å²) in [6.07, 6.45) is 2.96. The van der Waals surface area contributed by atoms with Gasteiger partial charge in [0.25, 0.3) is 0 Å². The first-order valence-electron chi connectivity index (χ1n) is 5.70. The third kappa shape index (κ3) is 1.92. The molecule has 0 N–H and O–H groups in total. The molecule has 0 unspecified atom stereocenters. The number of fused-ring (bicyclic) bond motifs is 1. The van der Waals surface area contributed by atoms with Crippen molar-refractivity contribution in [1.29, 1.82) is 0 Å². The van der Waals surface area contributed by atoms with Gasteiger partial charge < -0.3 is 0 Å². The van der Waals surface area contributed by atoms with Gasteiger partial charge in [0.2, 0.25) is 5.78 Å². The summed E-state index contributed by atoms with van der Waals surface area (Å²) >= 11 is 2.95. The predicted octanol–water partition coefficient (Wildman–Crippen LogP) is 3.61. The van der Waals surface area contributed by atoms with Gasteiger partial charge in [0.1, 0.15) is 5.82 Å². The molecule has 3 aromatic rings. The zero-order valence-corrected chi connectivity index (χ0v) is 11.6. The maximum absolute atomic E-state index is 14.0. The van der Waals surface area contributed by atoms with Gasteiger partial charge in [-0.3, -0.25) is 4.79 Å². The van der Waals surface area contributed by atoms with Crippen molar-refractivity contribution in [2.45, 2.75) is 0 Å². The van der Waals surface area contributed by atoms with Crippen LogP contribution in [0, 0.1) is 11.6 Å². The van der Waals surface area contributed by atoms with E-state index in [0.717, 1.165) is 6.07 Å². The molecule has 0 spiro atoms. The molecule has 0 aliphatic heterocycles. The molecule has 20 heavy (non-hydrogen) atoms. The minimum Gasteiger partial charge on any atom is -0.288 e. The smallest absolute Gasteiger partial charge is 0.202 e. The number of rotatable bonds is 2. The topological polar surface area (TPSA) is 34.4 Å². The Morgan fingerprint density at radius 1 is 1.20 bits per heavy atom. The third-order valence-electron chi connectivity index (χ3n) is 2.94. The minimum absolute atomic E-state index is 0.0405. The van der Waals surface area contributed by atoms with Gasteiger partial charge in [-0.25, -0.2) is 13.3 Å². The lowest BCUT2D eigenvalue weighted by Crippen LogP contribution is -2.08. The van der Waals surface area contributed by atoms with Gasteiger partial charge in [0.15, 0.2) is 5.82 Å². The van der Waals surface area contributed by atoms with Gasteiger partial charge in [-0.1, -0.05) is 6.07 Å². The Hall–Kier alpha value is -2.08. The number of carbonyl (C=O) groups excluding carboxylic acids is 1. The average Bonchev–Trinajstić information content (AvgIpc) is 2.87.